The van der Waals surface area contributed by atoms with Crippen molar-refractivity contribution in [2.24, 2.45) is 11.1 Å². The highest BCUT2D eigenvalue weighted by molar-refractivity contribution is 7.80. The van der Waals surface area contributed by atoms with E-state index < -0.39 is 0 Å². The summed E-state index contributed by atoms with van der Waals surface area (Å²) in [4.78, 5) is 0.577. The molecule has 0 fully saturated rings. The van der Waals surface area contributed by atoms with Gasteiger partial charge in [0.15, 0.2) is 0 Å². The highest BCUT2D eigenvalue weighted by atomic mass is 32.1. The molecule has 0 saturated heterocycles. The van der Waals surface area contributed by atoms with Crippen LogP contribution in [0, 0.1) is 5.41 Å². The van der Waals surface area contributed by atoms with E-state index in [-0.39, 0.29) is 11.0 Å². The zero-order valence-corrected chi connectivity index (χ0v) is 12.7. The van der Waals surface area contributed by atoms with Gasteiger partial charge in [0.1, 0.15) is 0 Å². The Hall–Kier alpha value is -0.190. The van der Waals surface area contributed by atoms with Crippen molar-refractivity contribution in [2.45, 2.75) is 53.1 Å². The Kier molecular flexibility index (Phi) is 7.21. The van der Waals surface area contributed by atoms with Gasteiger partial charge in [-0.15, -0.1) is 0 Å². The first kappa shape index (κ1) is 16.8. The number of rotatable bonds is 8. The fraction of sp³-hybridized carbons (Fsp3) is 0.923. The molecular formula is C13H27NO2S. The van der Waals surface area contributed by atoms with E-state index in [1.165, 1.54) is 0 Å². The SMILES string of the molecule is CC(C)(C)OCCOCCCC(C)(C)C(N)=S. The van der Waals surface area contributed by atoms with Crippen LogP contribution in [0.2, 0.25) is 0 Å². The summed E-state index contributed by atoms with van der Waals surface area (Å²) in [6, 6.07) is 0. The lowest BCUT2D eigenvalue weighted by Gasteiger charge is -2.23. The van der Waals surface area contributed by atoms with Crippen molar-refractivity contribution in [3.63, 3.8) is 0 Å². The molecule has 0 aliphatic carbocycles. The molecule has 2 N–H and O–H groups in total. The van der Waals surface area contributed by atoms with Gasteiger partial charge < -0.3 is 15.2 Å². The molecule has 0 radical (unpaired) electrons. The molecule has 0 aromatic heterocycles. The zero-order valence-electron chi connectivity index (χ0n) is 11.8. The van der Waals surface area contributed by atoms with Crippen LogP contribution in [0.15, 0.2) is 0 Å². The first-order chi connectivity index (χ1) is 7.65. The number of hydrogen-bond donors (Lipinski definition) is 1. The van der Waals surface area contributed by atoms with Crippen molar-refractivity contribution in [1.82, 2.24) is 0 Å². The Bertz CT molecular complexity index is 234. The van der Waals surface area contributed by atoms with Gasteiger partial charge in [0.25, 0.3) is 0 Å². The molecule has 0 spiro atoms. The average Bonchev–Trinajstić information content (AvgIpc) is 2.14. The molecule has 3 nitrogen and oxygen atoms in total. The van der Waals surface area contributed by atoms with Gasteiger partial charge in [-0.3, -0.25) is 0 Å². The summed E-state index contributed by atoms with van der Waals surface area (Å²) in [7, 11) is 0. The Morgan fingerprint density at radius 1 is 1.06 bits per heavy atom. The quantitative estimate of drug-likeness (QED) is 0.539. The molecule has 0 aliphatic heterocycles. The molecule has 0 unspecified atom stereocenters. The van der Waals surface area contributed by atoms with Gasteiger partial charge in [0, 0.05) is 12.0 Å². The monoisotopic (exact) mass is 261 g/mol. The molecule has 0 amide bonds. The fourth-order valence-electron chi connectivity index (χ4n) is 1.25. The fourth-order valence-corrected chi connectivity index (χ4v) is 1.35. The Morgan fingerprint density at radius 3 is 2.12 bits per heavy atom. The van der Waals surface area contributed by atoms with Crippen LogP contribution in [0.1, 0.15) is 47.5 Å². The van der Waals surface area contributed by atoms with E-state index in [2.05, 4.69) is 13.8 Å². The lowest BCUT2D eigenvalue weighted by atomic mass is 9.88. The van der Waals surface area contributed by atoms with Crippen molar-refractivity contribution >= 4 is 17.2 Å². The number of ether oxygens (including phenoxy) is 2. The maximum Gasteiger partial charge on any atom is 0.0784 e. The second-order valence-electron chi connectivity index (χ2n) is 5.92. The Morgan fingerprint density at radius 2 is 1.65 bits per heavy atom. The van der Waals surface area contributed by atoms with Gasteiger partial charge in [-0.2, -0.15) is 0 Å². The van der Waals surface area contributed by atoms with E-state index in [1.807, 2.05) is 20.8 Å². The van der Waals surface area contributed by atoms with Crippen LogP contribution in [0.3, 0.4) is 0 Å². The Balaban J connectivity index is 3.45. The molecular weight excluding hydrogens is 234 g/mol. The van der Waals surface area contributed by atoms with Crippen molar-refractivity contribution < 1.29 is 9.47 Å². The first-order valence-electron chi connectivity index (χ1n) is 6.17. The van der Waals surface area contributed by atoms with Gasteiger partial charge in [-0.05, 0) is 33.6 Å². The maximum absolute atomic E-state index is 5.65. The van der Waals surface area contributed by atoms with Gasteiger partial charge in [0.05, 0.1) is 23.8 Å². The summed E-state index contributed by atoms with van der Waals surface area (Å²) in [6.07, 6.45) is 1.93. The third kappa shape index (κ3) is 9.51. The van der Waals surface area contributed by atoms with Crippen LogP contribution >= 0.6 is 12.2 Å². The van der Waals surface area contributed by atoms with Crippen LogP contribution in [0.25, 0.3) is 0 Å². The topological polar surface area (TPSA) is 44.5 Å². The molecule has 0 atom stereocenters. The summed E-state index contributed by atoms with van der Waals surface area (Å²) in [5.41, 5.74) is 5.50. The van der Waals surface area contributed by atoms with Crippen LogP contribution in [-0.2, 0) is 9.47 Å². The molecule has 0 heterocycles. The van der Waals surface area contributed by atoms with Crippen molar-refractivity contribution in [3.8, 4) is 0 Å². The first-order valence-corrected chi connectivity index (χ1v) is 6.57. The third-order valence-electron chi connectivity index (χ3n) is 2.52. The van der Waals surface area contributed by atoms with Crippen LogP contribution < -0.4 is 5.73 Å². The molecule has 0 bridgehead atoms. The van der Waals surface area contributed by atoms with E-state index >= 15 is 0 Å². The lowest BCUT2D eigenvalue weighted by Crippen LogP contribution is -2.30. The number of thiocarbonyl (C=S) groups is 1. The summed E-state index contributed by atoms with van der Waals surface area (Å²) in [5.74, 6) is 0. The van der Waals surface area contributed by atoms with E-state index in [0.29, 0.717) is 18.2 Å². The van der Waals surface area contributed by atoms with Crippen LogP contribution in [0.5, 0.6) is 0 Å². The minimum atomic E-state index is -0.0862. The summed E-state index contributed by atoms with van der Waals surface area (Å²) in [6.45, 7) is 12.3. The molecule has 0 saturated carbocycles. The molecule has 0 aromatic rings. The van der Waals surface area contributed by atoms with Gasteiger partial charge >= 0.3 is 0 Å². The molecule has 0 aromatic carbocycles. The number of hydrogen-bond acceptors (Lipinski definition) is 3. The second kappa shape index (κ2) is 7.29. The van der Waals surface area contributed by atoms with Crippen molar-refractivity contribution in [2.75, 3.05) is 19.8 Å². The van der Waals surface area contributed by atoms with Gasteiger partial charge in [-0.1, -0.05) is 26.1 Å². The van der Waals surface area contributed by atoms with Crippen molar-refractivity contribution in [3.05, 3.63) is 0 Å². The molecule has 17 heavy (non-hydrogen) atoms. The van der Waals surface area contributed by atoms with Crippen LogP contribution in [0.4, 0.5) is 0 Å². The predicted molar refractivity (Wildman–Crippen MR) is 76.3 cm³/mol. The summed E-state index contributed by atoms with van der Waals surface area (Å²) < 4.78 is 11.0. The van der Waals surface area contributed by atoms with Crippen LogP contribution in [-0.4, -0.2) is 30.4 Å². The predicted octanol–water partition coefficient (Wildman–Crippen LogP) is 2.91. The standard InChI is InChI=1S/C13H27NO2S/c1-12(2,3)16-10-9-15-8-6-7-13(4,5)11(14)17/h6-10H2,1-5H3,(H2,14,17). The van der Waals surface area contributed by atoms with Gasteiger partial charge in [-0.25, -0.2) is 0 Å². The normalized spacial score (nSPS) is 12.8. The summed E-state index contributed by atoms with van der Waals surface area (Å²) >= 11 is 5.01. The molecule has 102 valence electrons. The minimum absolute atomic E-state index is 0.0688. The molecule has 0 rings (SSSR count). The smallest absolute Gasteiger partial charge is 0.0784 e. The molecule has 4 heteroatoms. The number of nitrogens with two attached hydrogens (primary N) is 1. The maximum atomic E-state index is 5.65. The third-order valence-corrected chi connectivity index (χ3v) is 3.07. The highest BCUT2D eigenvalue weighted by Gasteiger charge is 2.20. The van der Waals surface area contributed by atoms with E-state index in [1.54, 1.807) is 0 Å². The zero-order chi connectivity index (χ0) is 13.5. The Labute approximate surface area is 111 Å². The largest absolute Gasteiger partial charge is 0.393 e. The highest BCUT2D eigenvalue weighted by Crippen LogP contribution is 2.22. The summed E-state index contributed by atoms with van der Waals surface area (Å²) in [5, 5.41) is 0. The van der Waals surface area contributed by atoms with E-state index in [0.717, 1.165) is 19.4 Å². The van der Waals surface area contributed by atoms with E-state index in [9.17, 15) is 0 Å². The lowest BCUT2D eigenvalue weighted by molar-refractivity contribution is -0.0354. The minimum Gasteiger partial charge on any atom is -0.393 e. The van der Waals surface area contributed by atoms with Gasteiger partial charge in [0.2, 0.25) is 0 Å². The second-order valence-corrected chi connectivity index (χ2v) is 6.36. The van der Waals surface area contributed by atoms with Crippen molar-refractivity contribution in [1.29, 1.82) is 0 Å². The average molecular weight is 261 g/mol. The molecule has 0 aliphatic rings. The van der Waals surface area contributed by atoms with E-state index in [4.69, 9.17) is 27.4 Å².